The number of rotatable bonds is 37. The molecular formula is C47H74NO9P. The second-order valence-electron chi connectivity index (χ2n) is 13.9. The summed E-state index contributed by atoms with van der Waals surface area (Å²) in [7, 11) is -4.43. The molecule has 1 rings (SSSR count). The molecule has 0 radical (unpaired) electrons. The van der Waals surface area contributed by atoms with Crippen molar-refractivity contribution in [1.82, 2.24) is 0 Å². The highest BCUT2D eigenvalue weighted by molar-refractivity contribution is 7.47. The molecule has 1 aliphatic rings. The Hall–Kier alpha value is -3.37. The van der Waals surface area contributed by atoms with Crippen molar-refractivity contribution in [2.24, 2.45) is 5.73 Å². The minimum absolute atomic E-state index is 0.0251. The summed E-state index contributed by atoms with van der Waals surface area (Å²) in [5, 5.41) is 0. The number of epoxide rings is 1. The molecule has 4 atom stereocenters. The number of allylic oxidation sites excluding steroid dienone is 17. The third kappa shape index (κ3) is 34.7. The van der Waals surface area contributed by atoms with E-state index in [1.807, 2.05) is 12.2 Å². The summed E-state index contributed by atoms with van der Waals surface area (Å²) in [6.45, 7) is 3.38. The topological polar surface area (TPSA) is 147 Å². The van der Waals surface area contributed by atoms with Gasteiger partial charge >= 0.3 is 19.8 Å². The molecule has 0 amide bonds. The number of phosphoric ester groups is 1. The van der Waals surface area contributed by atoms with Gasteiger partial charge in [0.05, 0.1) is 25.4 Å². The lowest BCUT2D eigenvalue weighted by molar-refractivity contribution is -0.161. The lowest BCUT2D eigenvalue weighted by Gasteiger charge is -2.19. The minimum Gasteiger partial charge on any atom is -0.462 e. The number of nitrogens with two attached hydrogens (primary N) is 1. The predicted octanol–water partition coefficient (Wildman–Crippen LogP) is 11.4. The van der Waals surface area contributed by atoms with Gasteiger partial charge in [-0.2, -0.15) is 0 Å². The van der Waals surface area contributed by atoms with Crippen LogP contribution >= 0.6 is 7.82 Å². The fourth-order valence-corrected chi connectivity index (χ4v) is 6.10. The molecule has 1 saturated heterocycles. The van der Waals surface area contributed by atoms with Crippen molar-refractivity contribution >= 4 is 19.8 Å². The van der Waals surface area contributed by atoms with Crippen molar-refractivity contribution in [3.63, 3.8) is 0 Å². The quantitative estimate of drug-likeness (QED) is 0.0204. The van der Waals surface area contributed by atoms with Crippen LogP contribution in [0.2, 0.25) is 0 Å². The molecule has 0 saturated carbocycles. The molecule has 0 aromatic rings. The zero-order chi connectivity index (χ0) is 42.2. The van der Waals surface area contributed by atoms with Crippen LogP contribution in [-0.2, 0) is 37.4 Å². The number of unbranched alkanes of at least 4 members (excludes halogenated alkanes) is 3. The van der Waals surface area contributed by atoms with Gasteiger partial charge in [-0.15, -0.1) is 0 Å². The molecule has 11 heteroatoms. The zero-order valence-electron chi connectivity index (χ0n) is 35.4. The summed E-state index contributed by atoms with van der Waals surface area (Å²) >= 11 is 0. The largest absolute Gasteiger partial charge is 0.472 e. The van der Waals surface area contributed by atoms with Gasteiger partial charge in [0, 0.05) is 19.4 Å². The highest BCUT2D eigenvalue weighted by Crippen LogP contribution is 2.43. The summed E-state index contributed by atoms with van der Waals surface area (Å²) < 4.78 is 38.4. The van der Waals surface area contributed by atoms with Crippen molar-refractivity contribution in [1.29, 1.82) is 0 Å². The Kier molecular flexibility index (Phi) is 34.4. The van der Waals surface area contributed by atoms with E-state index in [-0.39, 0.29) is 44.8 Å². The van der Waals surface area contributed by atoms with Crippen LogP contribution in [0.3, 0.4) is 0 Å². The smallest absolute Gasteiger partial charge is 0.462 e. The van der Waals surface area contributed by atoms with Gasteiger partial charge in [0.2, 0.25) is 0 Å². The maximum atomic E-state index is 12.7. The van der Waals surface area contributed by atoms with Crippen LogP contribution in [0.4, 0.5) is 0 Å². The van der Waals surface area contributed by atoms with E-state index in [0.717, 1.165) is 64.2 Å². The van der Waals surface area contributed by atoms with Crippen molar-refractivity contribution < 1.29 is 42.3 Å². The summed E-state index contributed by atoms with van der Waals surface area (Å²) in [5.41, 5.74) is 5.34. The lowest BCUT2D eigenvalue weighted by Crippen LogP contribution is -2.29. The molecule has 0 aromatic carbocycles. The van der Waals surface area contributed by atoms with Gasteiger partial charge < -0.3 is 24.8 Å². The summed E-state index contributed by atoms with van der Waals surface area (Å²) in [6, 6.07) is 0. The number of carbonyl (C=O) groups excluding carboxylic acids is 2. The number of esters is 2. The van der Waals surface area contributed by atoms with Gasteiger partial charge in [0.25, 0.3) is 0 Å². The molecule has 1 aliphatic heterocycles. The molecule has 10 nitrogen and oxygen atoms in total. The Morgan fingerprint density at radius 1 is 0.638 bits per heavy atom. The van der Waals surface area contributed by atoms with E-state index in [9.17, 15) is 19.0 Å². The highest BCUT2D eigenvalue weighted by atomic mass is 31.2. The second-order valence-corrected chi connectivity index (χ2v) is 15.3. The molecule has 58 heavy (non-hydrogen) atoms. The average Bonchev–Trinajstić information content (AvgIpc) is 3.97. The Morgan fingerprint density at radius 2 is 1.17 bits per heavy atom. The van der Waals surface area contributed by atoms with E-state index < -0.39 is 32.5 Å². The van der Waals surface area contributed by atoms with Crippen LogP contribution in [0, 0.1) is 0 Å². The number of ether oxygens (including phenoxy) is 3. The van der Waals surface area contributed by atoms with E-state index >= 15 is 0 Å². The van der Waals surface area contributed by atoms with E-state index in [0.29, 0.717) is 19.3 Å². The molecule has 1 heterocycles. The summed E-state index contributed by atoms with van der Waals surface area (Å²) in [4.78, 5) is 35.0. The Balaban J connectivity index is 2.31. The van der Waals surface area contributed by atoms with E-state index in [1.54, 1.807) is 0 Å². The number of carbonyl (C=O) groups is 2. The molecule has 0 aromatic heterocycles. The lowest BCUT2D eigenvalue weighted by atomic mass is 10.1. The van der Waals surface area contributed by atoms with Gasteiger partial charge in [-0.25, -0.2) is 4.57 Å². The third-order valence-electron chi connectivity index (χ3n) is 8.58. The monoisotopic (exact) mass is 828 g/mol. The van der Waals surface area contributed by atoms with Crippen LogP contribution < -0.4 is 5.73 Å². The molecular weight excluding hydrogens is 753 g/mol. The van der Waals surface area contributed by atoms with Crippen molar-refractivity contribution in [3.8, 4) is 0 Å². The standard InChI is InChI=1S/C47H74NO9P/c1-3-5-7-9-11-13-15-17-18-19-20-21-22-23-25-27-29-31-33-37-46(49)53-41-43(42-55-58(51,52)54-40-39-48)56-47(50)38-34-36-45-44(57-45)35-32-30-28-26-24-16-14-12-10-8-6-4-2/h5,7,11-14,17-18,20-21,23-26,29-32,43-45H,3-4,6,8-10,15-16,19,22,27-28,33-42,48H2,1-2H3,(H,51,52)/b7-5-,13-11-,14-12-,18-17-,21-20-,25-23-,26-24-,31-29-,32-30-/t43-,44?,45?/m1/s1. The highest BCUT2D eigenvalue weighted by Gasteiger charge is 2.36. The van der Waals surface area contributed by atoms with E-state index in [4.69, 9.17) is 29.0 Å². The minimum atomic E-state index is -4.43. The molecule has 0 bridgehead atoms. The predicted molar refractivity (Wildman–Crippen MR) is 237 cm³/mol. The van der Waals surface area contributed by atoms with Gasteiger partial charge in [0.1, 0.15) is 6.61 Å². The van der Waals surface area contributed by atoms with Gasteiger partial charge in [-0.1, -0.05) is 136 Å². The fraction of sp³-hybridized carbons (Fsp3) is 0.574. The Labute approximate surface area is 350 Å². The Morgan fingerprint density at radius 3 is 1.72 bits per heavy atom. The number of hydrogen-bond donors (Lipinski definition) is 2. The first-order valence-electron chi connectivity index (χ1n) is 21.5. The van der Waals surface area contributed by atoms with Gasteiger partial charge in [-0.3, -0.25) is 18.6 Å². The van der Waals surface area contributed by atoms with Gasteiger partial charge in [-0.05, 0) is 89.9 Å². The molecule has 3 N–H and O–H groups in total. The van der Waals surface area contributed by atoms with Crippen LogP contribution in [0.1, 0.15) is 129 Å². The summed E-state index contributed by atoms with van der Waals surface area (Å²) in [5.74, 6) is -1.02. The van der Waals surface area contributed by atoms with Crippen molar-refractivity contribution in [3.05, 3.63) is 109 Å². The van der Waals surface area contributed by atoms with Crippen LogP contribution in [0.5, 0.6) is 0 Å². The van der Waals surface area contributed by atoms with Crippen molar-refractivity contribution in [2.45, 2.75) is 148 Å². The molecule has 1 fully saturated rings. The van der Waals surface area contributed by atoms with E-state index in [1.165, 1.54) is 19.3 Å². The van der Waals surface area contributed by atoms with Crippen LogP contribution in [0.25, 0.3) is 0 Å². The molecule has 0 aliphatic carbocycles. The van der Waals surface area contributed by atoms with Gasteiger partial charge in [0.15, 0.2) is 6.10 Å². The number of hydrogen-bond acceptors (Lipinski definition) is 9. The van der Waals surface area contributed by atoms with Crippen LogP contribution in [0.15, 0.2) is 109 Å². The maximum absolute atomic E-state index is 12.7. The maximum Gasteiger partial charge on any atom is 0.472 e. The number of phosphoric acid groups is 1. The SMILES string of the molecule is CC/C=C\C/C=C\C/C=C\C/C=C\C/C=C\C/C=C\CCC(=O)OC[C@H](COP(=O)(O)OCCN)OC(=O)CCCC1OC1C/C=C\C/C=C\C/C=C\CCCCC. The van der Waals surface area contributed by atoms with E-state index in [2.05, 4.69) is 111 Å². The second kappa shape index (κ2) is 37.9. The Bertz CT molecular complexity index is 1380. The fourth-order valence-electron chi connectivity index (χ4n) is 5.33. The first kappa shape index (κ1) is 52.6. The normalized spacial score (nSPS) is 17.9. The average molecular weight is 828 g/mol. The third-order valence-corrected chi connectivity index (χ3v) is 9.56. The molecule has 0 spiro atoms. The van der Waals surface area contributed by atoms with Crippen LogP contribution in [-0.4, -0.2) is 61.5 Å². The molecule has 3 unspecified atom stereocenters. The first-order chi connectivity index (χ1) is 28.3. The summed E-state index contributed by atoms with van der Waals surface area (Å²) in [6.07, 6.45) is 53.0. The first-order valence-corrected chi connectivity index (χ1v) is 23.0. The molecule has 326 valence electrons. The zero-order valence-corrected chi connectivity index (χ0v) is 36.3. The van der Waals surface area contributed by atoms with Crippen molar-refractivity contribution in [2.75, 3.05) is 26.4 Å².